The number of hydrogen-bond donors (Lipinski definition) is 1. The predicted octanol–water partition coefficient (Wildman–Crippen LogP) is 3.11. The first-order chi connectivity index (χ1) is 9.49. The zero-order valence-electron chi connectivity index (χ0n) is 10.7. The van der Waals surface area contributed by atoms with Gasteiger partial charge in [0.25, 0.3) is 4.96 Å². The normalized spacial score (nSPS) is 11.9. The molecule has 0 bridgehead atoms. The molecule has 3 heterocycles. The van der Waals surface area contributed by atoms with Crippen molar-refractivity contribution in [1.29, 1.82) is 0 Å². The molecular weight excluding hydrogens is 298 g/mol. The molecule has 7 nitrogen and oxygen atoms in total. The van der Waals surface area contributed by atoms with Crippen molar-refractivity contribution >= 4 is 39.3 Å². The second kappa shape index (κ2) is 4.53. The summed E-state index contributed by atoms with van der Waals surface area (Å²) in [6, 6.07) is 0. The van der Waals surface area contributed by atoms with Gasteiger partial charge in [-0.1, -0.05) is 11.3 Å². The monoisotopic (exact) mass is 309 g/mol. The highest BCUT2D eigenvalue weighted by Gasteiger charge is 2.30. The minimum Gasteiger partial charge on any atom is -0.358 e. The SMILES string of the molecule is CC(C)(Nc1nc2sccn2c1[N+](=O)[O-])c1nccs1. The van der Waals surface area contributed by atoms with Crippen molar-refractivity contribution in [2.24, 2.45) is 0 Å². The molecule has 0 amide bonds. The lowest BCUT2D eigenvalue weighted by molar-refractivity contribution is -0.389. The van der Waals surface area contributed by atoms with Gasteiger partial charge in [0.1, 0.15) is 11.2 Å². The Kier molecular flexibility index (Phi) is 2.94. The highest BCUT2D eigenvalue weighted by Crippen LogP contribution is 2.33. The van der Waals surface area contributed by atoms with Crippen LogP contribution in [-0.2, 0) is 5.54 Å². The number of anilines is 1. The van der Waals surface area contributed by atoms with Gasteiger partial charge in [0.2, 0.25) is 5.82 Å². The molecule has 0 aliphatic heterocycles. The van der Waals surface area contributed by atoms with Gasteiger partial charge in [-0.05, 0) is 18.8 Å². The number of thiazole rings is 2. The van der Waals surface area contributed by atoms with E-state index in [1.807, 2.05) is 19.2 Å². The van der Waals surface area contributed by atoms with Gasteiger partial charge < -0.3 is 15.4 Å². The Balaban J connectivity index is 2.04. The van der Waals surface area contributed by atoms with Gasteiger partial charge >= 0.3 is 5.82 Å². The topological polar surface area (TPSA) is 85.4 Å². The van der Waals surface area contributed by atoms with Crippen LogP contribution < -0.4 is 5.32 Å². The smallest absolute Gasteiger partial charge is 0.358 e. The van der Waals surface area contributed by atoms with Crippen molar-refractivity contribution in [3.8, 4) is 0 Å². The van der Waals surface area contributed by atoms with Crippen LogP contribution in [0.15, 0.2) is 23.2 Å². The van der Waals surface area contributed by atoms with Crippen LogP contribution in [0.5, 0.6) is 0 Å². The van der Waals surface area contributed by atoms with E-state index in [0.29, 0.717) is 4.96 Å². The number of nitrogens with zero attached hydrogens (tertiary/aromatic N) is 4. The molecule has 0 spiro atoms. The summed E-state index contributed by atoms with van der Waals surface area (Å²) in [6.45, 7) is 3.84. The number of nitrogens with one attached hydrogen (secondary N) is 1. The van der Waals surface area contributed by atoms with Crippen molar-refractivity contribution < 1.29 is 4.92 Å². The van der Waals surface area contributed by atoms with Gasteiger partial charge in [0, 0.05) is 17.0 Å². The van der Waals surface area contributed by atoms with E-state index in [1.165, 1.54) is 27.1 Å². The third-order valence-corrected chi connectivity index (χ3v) is 4.66. The highest BCUT2D eigenvalue weighted by molar-refractivity contribution is 7.15. The third kappa shape index (κ3) is 2.04. The molecule has 0 saturated heterocycles. The Hall–Kier alpha value is -2.00. The number of hydrogen-bond acceptors (Lipinski definition) is 7. The van der Waals surface area contributed by atoms with Gasteiger partial charge in [-0.25, -0.2) is 4.98 Å². The molecule has 20 heavy (non-hydrogen) atoms. The van der Waals surface area contributed by atoms with Crippen LogP contribution in [0, 0.1) is 10.1 Å². The van der Waals surface area contributed by atoms with Crippen molar-refractivity contribution in [3.63, 3.8) is 0 Å². The molecule has 0 unspecified atom stereocenters. The Morgan fingerprint density at radius 1 is 1.40 bits per heavy atom. The molecule has 0 saturated carbocycles. The predicted molar refractivity (Wildman–Crippen MR) is 78.5 cm³/mol. The van der Waals surface area contributed by atoms with Crippen LogP contribution in [0.25, 0.3) is 4.96 Å². The number of aromatic nitrogens is 3. The summed E-state index contributed by atoms with van der Waals surface area (Å²) in [5.41, 5.74) is -0.525. The van der Waals surface area contributed by atoms with Crippen LogP contribution >= 0.6 is 22.7 Å². The van der Waals surface area contributed by atoms with Crippen LogP contribution in [0.1, 0.15) is 18.9 Å². The van der Waals surface area contributed by atoms with Crippen LogP contribution in [0.2, 0.25) is 0 Å². The van der Waals surface area contributed by atoms with E-state index >= 15 is 0 Å². The second-order valence-corrected chi connectivity index (χ2v) is 6.45. The first kappa shape index (κ1) is 13.0. The number of fused-ring (bicyclic) bond motifs is 1. The van der Waals surface area contributed by atoms with E-state index in [4.69, 9.17) is 0 Å². The molecule has 0 aliphatic carbocycles. The molecule has 0 atom stereocenters. The molecule has 3 aromatic rings. The molecule has 104 valence electrons. The zero-order chi connectivity index (χ0) is 14.3. The maximum atomic E-state index is 11.3. The minimum absolute atomic E-state index is 0.0501. The highest BCUT2D eigenvalue weighted by atomic mass is 32.1. The number of nitro groups is 1. The fraction of sp³-hybridized carbons (Fsp3) is 0.273. The Bertz CT molecular complexity index is 759. The molecule has 1 N–H and O–H groups in total. The Morgan fingerprint density at radius 2 is 2.20 bits per heavy atom. The van der Waals surface area contributed by atoms with Crippen LogP contribution in [0.4, 0.5) is 11.6 Å². The zero-order valence-corrected chi connectivity index (χ0v) is 12.4. The fourth-order valence-corrected chi connectivity index (χ4v) is 3.34. The quantitative estimate of drug-likeness (QED) is 0.591. The average molecular weight is 309 g/mol. The van der Waals surface area contributed by atoms with Crippen molar-refractivity contribution in [2.75, 3.05) is 5.32 Å². The lowest BCUT2D eigenvalue weighted by Gasteiger charge is -2.23. The van der Waals surface area contributed by atoms with Crippen molar-refractivity contribution in [2.45, 2.75) is 19.4 Å². The Morgan fingerprint density at radius 3 is 2.85 bits per heavy atom. The largest absolute Gasteiger partial charge is 0.372 e. The fourth-order valence-electron chi connectivity index (χ4n) is 1.91. The molecule has 0 aromatic carbocycles. The van der Waals surface area contributed by atoms with Gasteiger partial charge in [0.05, 0.1) is 5.54 Å². The molecule has 0 fully saturated rings. The van der Waals surface area contributed by atoms with E-state index in [0.717, 1.165) is 5.01 Å². The maximum absolute atomic E-state index is 11.3. The van der Waals surface area contributed by atoms with E-state index in [-0.39, 0.29) is 11.6 Å². The van der Waals surface area contributed by atoms with Crippen molar-refractivity contribution in [3.05, 3.63) is 38.3 Å². The third-order valence-electron chi connectivity index (χ3n) is 2.81. The average Bonchev–Trinajstić information content (AvgIpc) is 3.02. The van der Waals surface area contributed by atoms with Gasteiger partial charge in [-0.3, -0.25) is 0 Å². The van der Waals surface area contributed by atoms with Gasteiger partial charge in [-0.15, -0.1) is 11.3 Å². The van der Waals surface area contributed by atoms with E-state index in [2.05, 4.69) is 15.3 Å². The lowest BCUT2D eigenvalue weighted by Crippen LogP contribution is -2.28. The van der Waals surface area contributed by atoms with E-state index in [1.54, 1.807) is 17.8 Å². The molecule has 0 radical (unpaired) electrons. The maximum Gasteiger partial charge on any atom is 0.372 e. The van der Waals surface area contributed by atoms with Gasteiger partial charge in [0.15, 0.2) is 0 Å². The standard InChI is InChI=1S/C11H11N5O2S2/c1-11(2,9-12-3-5-19-9)14-7-8(16(17)18)15-4-6-20-10(15)13-7/h3-6,14H,1-2H3. The lowest BCUT2D eigenvalue weighted by atomic mass is 10.1. The summed E-state index contributed by atoms with van der Waals surface area (Å²) in [7, 11) is 0. The number of imidazole rings is 1. The number of rotatable bonds is 4. The van der Waals surface area contributed by atoms with E-state index in [9.17, 15) is 10.1 Å². The summed E-state index contributed by atoms with van der Waals surface area (Å²) in [5.74, 6) is 0.216. The summed E-state index contributed by atoms with van der Waals surface area (Å²) in [4.78, 5) is 20.0. The Labute approximate surface area is 122 Å². The van der Waals surface area contributed by atoms with Crippen molar-refractivity contribution in [1.82, 2.24) is 14.4 Å². The summed E-state index contributed by atoms with van der Waals surface area (Å²) in [5, 5.41) is 18.9. The van der Waals surface area contributed by atoms with Crippen LogP contribution in [-0.4, -0.2) is 19.3 Å². The summed E-state index contributed by atoms with van der Waals surface area (Å²) < 4.78 is 1.48. The molecular formula is C11H11N5O2S2. The summed E-state index contributed by atoms with van der Waals surface area (Å²) >= 11 is 2.85. The molecule has 0 aliphatic rings. The summed E-state index contributed by atoms with van der Waals surface area (Å²) in [6.07, 6.45) is 3.36. The first-order valence-electron chi connectivity index (χ1n) is 5.77. The van der Waals surface area contributed by atoms with Gasteiger partial charge in [-0.2, -0.15) is 9.38 Å². The molecule has 9 heteroatoms. The molecule has 3 rings (SSSR count). The van der Waals surface area contributed by atoms with E-state index < -0.39 is 10.5 Å². The minimum atomic E-state index is -0.525. The molecule has 3 aromatic heterocycles. The second-order valence-electron chi connectivity index (χ2n) is 4.68. The first-order valence-corrected chi connectivity index (χ1v) is 7.53. The van der Waals surface area contributed by atoms with Crippen LogP contribution in [0.3, 0.4) is 0 Å².